The lowest BCUT2D eigenvalue weighted by molar-refractivity contribution is -0.122. The number of likely N-dealkylation sites (N-methyl/N-ethyl adjacent to an activating group) is 1. The van der Waals surface area contributed by atoms with Gasteiger partial charge in [-0.2, -0.15) is 0 Å². The van der Waals surface area contributed by atoms with E-state index < -0.39 is 0 Å². The van der Waals surface area contributed by atoms with Crippen molar-refractivity contribution in [3.63, 3.8) is 0 Å². The van der Waals surface area contributed by atoms with Gasteiger partial charge in [-0.05, 0) is 37.6 Å². The first-order valence-corrected chi connectivity index (χ1v) is 9.58. The molecule has 0 unspecified atom stereocenters. The van der Waals surface area contributed by atoms with Crippen LogP contribution < -0.4 is 20.9 Å². The molecule has 2 N–H and O–H groups in total. The van der Waals surface area contributed by atoms with Gasteiger partial charge in [-0.1, -0.05) is 18.5 Å². The molecule has 8 nitrogen and oxygen atoms in total. The van der Waals surface area contributed by atoms with Gasteiger partial charge in [0.05, 0.1) is 11.7 Å². The number of pyridine rings is 1. The van der Waals surface area contributed by atoms with E-state index in [0.717, 1.165) is 23.0 Å². The Morgan fingerprint density at radius 2 is 2.10 bits per heavy atom. The van der Waals surface area contributed by atoms with Crippen molar-refractivity contribution in [2.45, 2.75) is 26.8 Å². The number of carbonyl (C=O) groups is 1. The molecule has 152 valence electrons. The normalized spacial score (nSPS) is 10.8. The smallest absolute Gasteiger partial charge is 0.293 e. The molecule has 0 saturated heterocycles. The van der Waals surface area contributed by atoms with Crippen LogP contribution in [0, 0.1) is 6.92 Å². The number of benzene rings is 1. The molecule has 0 atom stereocenters. The van der Waals surface area contributed by atoms with Crippen molar-refractivity contribution in [3.8, 4) is 5.75 Å². The average molecular weight is 416 g/mol. The van der Waals surface area contributed by atoms with E-state index in [1.807, 2.05) is 25.1 Å². The van der Waals surface area contributed by atoms with Gasteiger partial charge in [0.1, 0.15) is 10.8 Å². The number of hydrogen-bond acceptors (Lipinski definition) is 6. The fraction of sp³-hybridized carbons (Fsp3) is 0.300. The first kappa shape index (κ1) is 20.6. The topological polar surface area (TPSA) is 98.1 Å². The summed E-state index contributed by atoms with van der Waals surface area (Å²) in [5, 5.41) is 6.84. The Labute approximate surface area is 172 Å². The maximum atomic E-state index is 12.8. The highest BCUT2D eigenvalue weighted by Crippen LogP contribution is 2.26. The Morgan fingerprint density at radius 3 is 2.83 bits per heavy atom. The van der Waals surface area contributed by atoms with Crippen LogP contribution in [-0.4, -0.2) is 34.1 Å². The van der Waals surface area contributed by atoms with E-state index in [4.69, 9.17) is 16.3 Å². The SMILES string of the molecule is CCCn1c(=O)c(OCC(=O)NC)cc2cc(Nc3nc(C)ncc3Cl)ccc21. The molecule has 0 aliphatic carbocycles. The molecule has 0 saturated carbocycles. The average Bonchev–Trinajstić information content (AvgIpc) is 2.71. The van der Waals surface area contributed by atoms with Crippen LogP contribution >= 0.6 is 11.6 Å². The van der Waals surface area contributed by atoms with E-state index in [1.54, 1.807) is 17.6 Å². The van der Waals surface area contributed by atoms with Gasteiger partial charge < -0.3 is 19.9 Å². The first-order valence-electron chi connectivity index (χ1n) is 9.20. The molecular formula is C20H22ClN5O3. The van der Waals surface area contributed by atoms with Crippen LogP contribution in [-0.2, 0) is 11.3 Å². The molecule has 1 amide bonds. The predicted octanol–water partition coefficient (Wildman–Crippen LogP) is 3.03. The molecule has 0 spiro atoms. The summed E-state index contributed by atoms with van der Waals surface area (Å²) in [4.78, 5) is 32.7. The molecule has 0 radical (unpaired) electrons. The first-order chi connectivity index (χ1) is 13.9. The number of rotatable bonds is 7. The number of aryl methyl sites for hydroxylation is 2. The van der Waals surface area contributed by atoms with Crippen molar-refractivity contribution < 1.29 is 9.53 Å². The van der Waals surface area contributed by atoms with E-state index >= 15 is 0 Å². The highest BCUT2D eigenvalue weighted by Gasteiger charge is 2.13. The summed E-state index contributed by atoms with van der Waals surface area (Å²) >= 11 is 6.17. The van der Waals surface area contributed by atoms with Crippen molar-refractivity contribution in [1.29, 1.82) is 0 Å². The quantitative estimate of drug-likeness (QED) is 0.615. The number of fused-ring (bicyclic) bond motifs is 1. The van der Waals surface area contributed by atoms with Crippen molar-refractivity contribution in [2.24, 2.45) is 0 Å². The summed E-state index contributed by atoms with van der Waals surface area (Å²) in [6.45, 7) is 4.08. The Balaban J connectivity index is 2.03. The molecular weight excluding hydrogens is 394 g/mol. The summed E-state index contributed by atoms with van der Waals surface area (Å²) in [6.07, 6.45) is 2.32. The zero-order valence-corrected chi connectivity index (χ0v) is 17.2. The second kappa shape index (κ2) is 8.91. The molecule has 3 aromatic rings. The van der Waals surface area contributed by atoms with Gasteiger partial charge in [0.15, 0.2) is 18.2 Å². The van der Waals surface area contributed by atoms with Gasteiger partial charge in [0, 0.05) is 24.7 Å². The standard InChI is InChI=1S/C20H22ClN5O3/c1-4-7-26-16-6-5-14(25-19-15(21)10-23-12(2)24-19)8-13(16)9-17(20(26)28)29-11-18(27)22-3/h5-6,8-10H,4,7,11H2,1-3H3,(H,22,27)(H,23,24,25). The Morgan fingerprint density at radius 1 is 1.31 bits per heavy atom. The van der Waals surface area contributed by atoms with E-state index in [0.29, 0.717) is 23.2 Å². The third kappa shape index (κ3) is 4.65. The number of carbonyl (C=O) groups excluding carboxylic acids is 1. The zero-order chi connectivity index (χ0) is 21.0. The van der Waals surface area contributed by atoms with Crippen LogP contribution in [0.3, 0.4) is 0 Å². The number of nitrogens with one attached hydrogen (secondary N) is 2. The maximum Gasteiger partial charge on any atom is 0.293 e. The molecule has 2 heterocycles. The Bertz CT molecular complexity index is 1110. The second-order valence-corrected chi connectivity index (χ2v) is 6.85. The van der Waals surface area contributed by atoms with Gasteiger partial charge in [-0.3, -0.25) is 9.59 Å². The number of anilines is 2. The summed E-state index contributed by atoms with van der Waals surface area (Å²) in [7, 11) is 1.51. The lowest BCUT2D eigenvalue weighted by Crippen LogP contribution is -2.28. The summed E-state index contributed by atoms with van der Waals surface area (Å²) in [5.74, 6) is 0.911. The third-order valence-corrected chi connectivity index (χ3v) is 4.55. The van der Waals surface area contributed by atoms with Crippen molar-refractivity contribution in [1.82, 2.24) is 19.9 Å². The minimum absolute atomic E-state index is 0.127. The van der Waals surface area contributed by atoms with Gasteiger partial charge >= 0.3 is 0 Å². The van der Waals surface area contributed by atoms with Crippen LogP contribution in [0.2, 0.25) is 5.02 Å². The monoisotopic (exact) mass is 415 g/mol. The zero-order valence-electron chi connectivity index (χ0n) is 16.5. The molecule has 0 bridgehead atoms. The van der Waals surface area contributed by atoms with Crippen LogP contribution in [0.1, 0.15) is 19.2 Å². The Hall–Kier alpha value is -3.13. The van der Waals surface area contributed by atoms with E-state index in [1.165, 1.54) is 13.2 Å². The minimum atomic E-state index is -0.310. The van der Waals surface area contributed by atoms with Crippen LogP contribution in [0.25, 0.3) is 10.9 Å². The van der Waals surface area contributed by atoms with Crippen LogP contribution in [0.15, 0.2) is 35.3 Å². The fourth-order valence-electron chi connectivity index (χ4n) is 2.88. The highest BCUT2D eigenvalue weighted by atomic mass is 35.5. The summed E-state index contributed by atoms with van der Waals surface area (Å²) < 4.78 is 7.12. The predicted molar refractivity (Wildman–Crippen MR) is 113 cm³/mol. The van der Waals surface area contributed by atoms with E-state index in [9.17, 15) is 9.59 Å². The number of hydrogen-bond donors (Lipinski definition) is 2. The molecule has 1 aromatic carbocycles. The summed E-state index contributed by atoms with van der Waals surface area (Å²) in [6, 6.07) is 7.23. The molecule has 2 aromatic heterocycles. The van der Waals surface area contributed by atoms with Crippen molar-refractivity contribution >= 4 is 39.9 Å². The number of halogens is 1. The number of nitrogens with zero attached hydrogens (tertiary/aromatic N) is 3. The largest absolute Gasteiger partial charge is 0.478 e. The molecule has 0 fully saturated rings. The number of amides is 1. The lowest BCUT2D eigenvalue weighted by atomic mass is 10.1. The Kier molecular flexibility index (Phi) is 6.33. The number of ether oxygens (including phenoxy) is 1. The van der Waals surface area contributed by atoms with Gasteiger partial charge in [-0.15, -0.1) is 0 Å². The maximum absolute atomic E-state index is 12.8. The summed E-state index contributed by atoms with van der Waals surface area (Å²) in [5.41, 5.74) is 1.26. The van der Waals surface area contributed by atoms with E-state index in [-0.39, 0.29) is 23.8 Å². The molecule has 0 aliphatic heterocycles. The van der Waals surface area contributed by atoms with E-state index in [2.05, 4.69) is 20.6 Å². The van der Waals surface area contributed by atoms with Crippen molar-refractivity contribution in [2.75, 3.05) is 19.0 Å². The van der Waals surface area contributed by atoms with Gasteiger partial charge in [0.25, 0.3) is 11.5 Å². The van der Waals surface area contributed by atoms with Gasteiger partial charge in [-0.25, -0.2) is 9.97 Å². The second-order valence-electron chi connectivity index (χ2n) is 6.44. The van der Waals surface area contributed by atoms with Crippen LogP contribution in [0.4, 0.5) is 11.5 Å². The lowest BCUT2D eigenvalue weighted by Gasteiger charge is -2.14. The highest BCUT2D eigenvalue weighted by molar-refractivity contribution is 6.32. The molecule has 3 rings (SSSR count). The van der Waals surface area contributed by atoms with Crippen LogP contribution in [0.5, 0.6) is 5.75 Å². The third-order valence-electron chi connectivity index (χ3n) is 4.27. The molecule has 0 aliphatic rings. The molecule has 9 heteroatoms. The fourth-order valence-corrected chi connectivity index (χ4v) is 3.02. The van der Waals surface area contributed by atoms with Crippen molar-refractivity contribution in [3.05, 3.63) is 51.7 Å². The number of aromatic nitrogens is 3. The minimum Gasteiger partial charge on any atom is -0.478 e. The molecule has 29 heavy (non-hydrogen) atoms. The van der Waals surface area contributed by atoms with Gasteiger partial charge in [0.2, 0.25) is 0 Å².